The second kappa shape index (κ2) is 15.7. The number of fused-ring (bicyclic) bond motifs is 1. The molecule has 0 aromatic heterocycles. The largest absolute Gasteiger partial charge is 0.490 e. The number of rotatable bonds is 12. The fourth-order valence-electron chi connectivity index (χ4n) is 8.38. The highest BCUT2D eigenvalue weighted by Crippen LogP contribution is 2.51. The van der Waals surface area contributed by atoms with Crippen molar-refractivity contribution in [3.05, 3.63) is 191 Å². The van der Waals surface area contributed by atoms with Gasteiger partial charge in [-0.05, 0) is 95.3 Å². The number of para-hydroxylation sites is 1. The van der Waals surface area contributed by atoms with Crippen LogP contribution in [0.25, 0.3) is 0 Å². The lowest BCUT2D eigenvalue weighted by Gasteiger charge is -2.42. The molecule has 3 aliphatic rings. The Kier molecular flexibility index (Phi) is 9.95. The number of carbonyl (C=O) groups is 2. The normalized spacial score (nSPS) is 19.9. The van der Waals surface area contributed by atoms with Gasteiger partial charge < -0.3 is 28.7 Å². The number of cyclic esters (lactones) is 2. The van der Waals surface area contributed by atoms with Crippen LogP contribution in [0.5, 0.6) is 11.5 Å². The maximum Gasteiger partial charge on any atom is 0.414 e. The third-order valence-electron chi connectivity index (χ3n) is 11.3. The summed E-state index contributed by atoms with van der Waals surface area (Å²) >= 11 is 0. The number of benzene rings is 6. The molecule has 9 heteroatoms. The number of hydrogen-bond acceptors (Lipinski definition) is 7. The standard InChI is InChI=1S/C49H45N3O6/c1-34-12-14-35(15-13-34)28-36-16-22-40(23-17-36)51-31-45(58-48(51)54)33-56-43-26-20-39(21-27-43)49(38-18-24-42(25-19-38)55-32-44-30-50(2)47(53)57-44)46-11-7-6-8-37(46)29-52(49)41-9-4-3-5-10-41/h3-27,44-45H,28-33H2,1-2H3. The van der Waals surface area contributed by atoms with Crippen molar-refractivity contribution in [2.24, 2.45) is 0 Å². The first-order valence-electron chi connectivity index (χ1n) is 19.8. The van der Waals surface area contributed by atoms with Crippen molar-refractivity contribution in [1.82, 2.24) is 4.90 Å². The van der Waals surface area contributed by atoms with E-state index in [0.29, 0.717) is 24.6 Å². The second-order valence-corrected chi connectivity index (χ2v) is 15.3. The smallest absolute Gasteiger partial charge is 0.414 e. The Morgan fingerprint density at radius 3 is 1.76 bits per heavy atom. The van der Waals surface area contributed by atoms with Gasteiger partial charge in [-0.2, -0.15) is 0 Å². The van der Waals surface area contributed by atoms with Crippen LogP contribution in [0, 0.1) is 6.92 Å². The topological polar surface area (TPSA) is 80.8 Å². The average molecular weight is 772 g/mol. The number of ether oxygens (including phenoxy) is 4. The van der Waals surface area contributed by atoms with Gasteiger partial charge in [0.2, 0.25) is 0 Å². The molecule has 2 saturated heterocycles. The Bertz CT molecular complexity index is 2390. The average Bonchev–Trinajstić information content (AvgIpc) is 3.92. The highest BCUT2D eigenvalue weighted by atomic mass is 16.6. The first-order chi connectivity index (χ1) is 28.3. The van der Waals surface area contributed by atoms with Crippen molar-refractivity contribution < 1.29 is 28.5 Å². The lowest BCUT2D eigenvalue weighted by molar-refractivity contribution is 0.103. The molecule has 3 atom stereocenters. The minimum Gasteiger partial charge on any atom is -0.490 e. The molecule has 0 aliphatic carbocycles. The molecule has 0 saturated carbocycles. The number of amides is 2. The highest BCUT2D eigenvalue weighted by Gasteiger charge is 2.48. The van der Waals surface area contributed by atoms with Crippen molar-refractivity contribution in [2.75, 3.05) is 43.2 Å². The zero-order valence-electron chi connectivity index (χ0n) is 32.6. The van der Waals surface area contributed by atoms with Crippen molar-refractivity contribution in [1.29, 1.82) is 0 Å². The summed E-state index contributed by atoms with van der Waals surface area (Å²) in [6, 6.07) is 52.3. The van der Waals surface area contributed by atoms with E-state index in [1.807, 2.05) is 42.5 Å². The summed E-state index contributed by atoms with van der Waals surface area (Å²) in [4.78, 5) is 30.5. The van der Waals surface area contributed by atoms with Crippen molar-refractivity contribution in [3.8, 4) is 11.5 Å². The van der Waals surface area contributed by atoms with Gasteiger partial charge in [0, 0.05) is 25.0 Å². The van der Waals surface area contributed by atoms with E-state index in [1.165, 1.54) is 27.8 Å². The predicted molar refractivity (Wildman–Crippen MR) is 224 cm³/mol. The molecular weight excluding hydrogens is 727 g/mol. The first kappa shape index (κ1) is 36.9. The minimum atomic E-state index is -0.671. The molecule has 9 rings (SSSR count). The molecule has 3 unspecified atom stereocenters. The number of nitrogens with zero attached hydrogens (tertiary/aromatic N) is 3. The molecule has 2 fully saturated rings. The summed E-state index contributed by atoms with van der Waals surface area (Å²) in [7, 11) is 1.72. The molecule has 6 aromatic carbocycles. The summed E-state index contributed by atoms with van der Waals surface area (Å²) in [5.74, 6) is 1.39. The third-order valence-corrected chi connectivity index (χ3v) is 11.3. The SMILES string of the molecule is Cc1ccc(Cc2ccc(N3CC(COc4ccc(C5(c6ccc(OCC7CN(C)C(=O)O7)cc6)c6ccccc6CN5c5ccccc5)cc4)OC3=O)cc2)cc1. The van der Waals surface area contributed by atoms with E-state index >= 15 is 0 Å². The van der Waals surface area contributed by atoms with Gasteiger partial charge in [0.05, 0.1) is 13.1 Å². The minimum absolute atomic E-state index is 0.231. The van der Waals surface area contributed by atoms with Gasteiger partial charge in [0.1, 0.15) is 30.3 Å². The Labute approximate surface area is 339 Å². The van der Waals surface area contributed by atoms with E-state index in [0.717, 1.165) is 35.5 Å². The molecular formula is C49H45N3O6. The summed E-state index contributed by atoms with van der Waals surface area (Å²) in [6.07, 6.45) is -0.596. The third kappa shape index (κ3) is 7.20. The maximum absolute atomic E-state index is 13.0. The Morgan fingerprint density at radius 1 is 0.603 bits per heavy atom. The fraction of sp³-hybridized carbons (Fsp3) is 0.224. The van der Waals surface area contributed by atoms with Gasteiger partial charge in [0.15, 0.2) is 12.2 Å². The summed E-state index contributed by atoms with van der Waals surface area (Å²) in [5, 5.41) is 0. The van der Waals surface area contributed by atoms with Gasteiger partial charge >= 0.3 is 12.2 Å². The number of likely N-dealkylation sites (N-methyl/N-ethyl adjacent to an activating group) is 1. The second-order valence-electron chi connectivity index (χ2n) is 15.3. The number of hydrogen-bond donors (Lipinski definition) is 0. The van der Waals surface area contributed by atoms with E-state index in [2.05, 4.69) is 121 Å². The zero-order valence-corrected chi connectivity index (χ0v) is 32.6. The van der Waals surface area contributed by atoms with Gasteiger partial charge in [-0.3, -0.25) is 4.90 Å². The number of carbonyl (C=O) groups excluding carboxylic acids is 2. The molecule has 0 spiro atoms. The molecule has 58 heavy (non-hydrogen) atoms. The molecule has 0 N–H and O–H groups in total. The molecule has 292 valence electrons. The number of anilines is 2. The summed E-state index contributed by atoms with van der Waals surface area (Å²) in [6.45, 7) is 4.22. The predicted octanol–water partition coefficient (Wildman–Crippen LogP) is 9.13. The van der Waals surface area contributed by atoms with Crippen LogP contribution >= 0.6 is 0 Å². The van der Waals surface area contributed by atoms with Crippen LogP contribution in [0.4, 0.5) is 21.0 Å². The zero-order chi connectivity index (χ0) is 39.6. The van der Waals surface area contributed by atoms with Crippen LogP contribution in [0.1, 0.15) is 38.9 Å². The molecule has 0 radical (unpaired) electrons. The molecule has 6 aromatic rings. The van der Waals surface area contributed by atoms with E-state index in [4.69, 9.17) is 18.9 Å². The molecule has 3 heterocycles. The first-order valence-corrected chi connectivity index (χ1v) is 19.8. The molecule has 0 bridgehead atoms. The lowest BCUT2D eigenvalue weighted by Crippen LogP contribution is -2.43. The van der Waals surface area contributed by atoms with Crippen LogP contribution < -0.4 is 19.3 Å². The van der Waals surface area contributed by atoms with Crippen molar-refractivity contribution in [3.63, 3.8) is 0 Å². The van der Waals surface area contributed by atoms with Gasteiger partial charge in [-0.15, -0.1) is 0 Å². The molecule has 2 amide bonds. The Hall–Kier alpha value is -6.74. The number of aryl methyl sites for hydroxylation is 1. The Morgan fingerprint density at radius 2 is 1.16 bits per heavy atom. The lowest BCUT2D eigenvalue weighted by atomic mass is 9.76. The Balaban J connectivity index is 0.932. The molecule has 3 aliphatic heterocycles. The van der Waals surface area contributed by atoms with Crippen LogP contribution in [-0.2, 0) is 28.0 Å². The van der Waals surface area contributed by atoms with Gasteiger partial charge in [0.25, 0.3) is 0 Å². The summed E-state index contributed by atoms with van der Waals surface area (Å²) in [5.41, 5.74) is 9.51. The van der Waals surface area contributed by atoms with E-state index in [1.54, 1.807) is 16.8 Å². The van der Waals surface area contributed by atoms with Crippen LogP contribution in [0.15, 0.2) is 152 Å². The van der Waals surface area contributed by atoms with Gasteiger partial charge in [-0.1, -0.05) is 109 Å². The summed E-state index contributed by atoms with van der Waals surface area (Å²) < 4.78 is 23.5. The maximum atomic E-state index is 13.0. The monoisotopic (exact) mass is 771 g/mol. The van der Waals surface area contributed by atoms with E-state index in [9.17, 15) is 9.59 Å². The van der Waals surface area contributed by atoms with Crippen LogP contribution in [0.2, 0.25) is 0 Å². The van der Waals surface area contributed by atoms with Crippen molar-refractivity contribution in [2.45, 2.75) is 37.6 Å². The van der Waals surface area contributed by atoms with Crippen LogP contribution in [-0.4, -0.2) is 62.6 Å². The fourth-order valence-corrected chi connectivity index (χ4v) is 8.38. The quantitative estimate of drug-likeness (QED) is 0.123. The van der Waals surface area contributed by atoms with Gasteiger partial charge in [-0.25, -0.2) is 9.59 Å². The van der Waals surface area contributed by atoms with Crippen molar-refractivity contribution >= 4 is 23.6 Å². The molecule has 9 nitrogen and oxygen atoms in total. The van der Waals surface area contributed by atoms with Crippen LogP contribution in [0.3, 0.4) is 0 Å². The van der Waals surface area contributed by atoms with E-state index in [-0.39, 0.29) is 31.5 Å². The highest BCUT2D eigenvalue weighted by molar-refractivity contribution is 5.89. The van der Waals surface area contributed by atoms with E-state index < -0.39 is 11.6 Å².